The Morgan fingerprint density at radius 1 is 1.26 bits per heavy atom. The maximum Gasteiger partial charge on any atom is 0.406 e. The quantitative estimate of drug-likeness (QED) is 0.867. The van der Waals surface area contributed by atoms with Gasteiger partial charge in [-0.25, -0.2) is 0 Å². The third-order valence-corrected chi connectivity index (χ3v) is 3.39. The molecule has 9 heteroatoms. The Kier molecular flexibility index (Phi) is 4.57. The number of amides is 3. The van der Waals surface area contributed by atoms with Gasteiger partial charge in [0, 0.05) is 24.2 Å². The molecule has 1 unspecified atom stereocenters. The number of primary amides is 1. The van der Waals surface area contributed by atoms with Crippen molar-refractivity contribution < 1.29 is 27.6 Å². The highest BCUT2D eigenvalue weighted by Gasteiger charge is 2.40. The molecule has 1 heterocycles. The van der Waals surface area contributed by atoms with E-state index in [0.717, 1.165) is 0 Å². The molecule has 1 aliphatic rings. The number of carbonyl (C=O) groups excluding carboxylic acids is 3. The fraction of sp³-hybridized carbons (Fsp3) is 0.357. The zero-order valence-corrected chi connectivity index (χ0v) is 11.9. The summed E-state index contributed by atoms with van der Waals surface area (Å²) in [6, 6.07) is 5.71. The van der Waals surface area contributed by atoms with Gasteiger partial charge in [0.2, 0.25) is 17.7 Å². The topological polar surface area (TPSA) is 92.5 Å². The standard InChI is InChI=1S/C14H14F3N3O3/c15-14(16,17)7-20-6-9(5-11(20)21)13(23)19-10-3-1-8(2-4-10)12(18)22/h1-4,9H,5-7H2,(H2,18,22)(H,19,23). The van der Waals surface area contributed by atoms with E-state index in [1.165, 1.54) is 24.3 Å². The summed E-state index contributed by atoms with van der Waals surface area (Å²) in [6.07, 6.45) is -4.76. The smallest absolute Gasteiger partial charge is 0.366 e. The van der Waals surface area contributed by atoms with E-state index in [0.29, 0.717) is 10.6 Å². The number of alkyl halides is 3. The lowest BCUT2D eigenvalue weighted by Gasteiger charge is -2.18. The Labute approximate surface area is 129 Å². The number of rotatable bonds is 4. The maximum absolute atomic E-state index is 12.3. The molecule has 1 aliphatic heterocycles. The molecule has 0 aromatic heterocycles. The van der Waals surface area contributed by atoms with Crippen molar-refractivity contribution in [3.05, 3.63) is 29.8 Å². The zero-order valence-electron chi connectivity index (χ0n) is 11.9. The fourth-order valence-corrected chi connectivity index (χ4v) is 2.28. The molecule has 0 spiro atoms. The molecule has 0 aliphatic carbocycles. The van der Waals surface area contributed by atoms with E-state index in [2.05, 4.69) is 5.32 Å². The predicted octanol–water partition coefficient (Wildman–Crippen LogP) is 1.13. The Morgan fingerprint density at radius 2 is 1.87 bits per heavy atom. The molecule has 1 saturated heterocycles. The van der Waals surface area contributed by atoms with Gasteiger partial charge in [-0.1, -0.05) is 0 Å². The highest BCUT2D eigenvalue weighted by atomic mass is 19.4. The van der Waals surface area contributed by atoms with Gasteiger partial charge in [-0.3, -0.25) is 14.4 Å². The van der Waals surface area contributed by atoms with E-state index in [9.17, 15) is 27.6 Å². The molecule has 0 saturated carbocycles. The number of anilines is 1. The van der Waals surface area contributed by atoms with Crippen molar-refractivity contribution in [3.8, 4) is 0 Å². The Hall–Kier alpha value is -2.58. The van der Waals surface area contributed by atoms with Crippen LogP contribution in [0.4, 0.5) is 18.9 Å². The largest absolute Gasteiger partial charge is 0.406 e. The maximum atomic E-state index is 12.3. The number of nitrogens with one attached hydrogen (secondary N) is 1. The van der Waals surface area contributed by atoms with Gasteiger partial charge in [0.25, 0.3) is 0 Å². The average Bonchev–Trinajstić information content (AvgIpc) is 2.79. The molecule has 0 radical (unpaired) electrons. The highest BCUT2D eigenvalue weighted by Crippen LogP contribution is 2.24. The molecule has 124 valence electrons. The van der Waals surface area contributed by atoms with E-state index in [-0.39, 0.29) is 18.5 Å². The second kappa shape index (κ2) is 6.27. The number of hydrogen-bond acceptors (Lipinski definition) is 3. The SMILES string of the molecule is NC(=O)c1ccc(NC(=O)C2CC(=O)N(CC(F)(F)F)C2)cc1. The third-order valence-electron chi connectivity index (χ3n) is 3.39. The van der Waals surface area contributed by atoms with Gasteiger partial charge in [-0.05, 0) is 24.3 Å². The number of halogens is 3. The zero-order chi connectivity index (χ0) is 17.2. The number of nitrogens with zero attached hydrogens (tertiary/aromatic N) is 1. The summed E-state index contributed by atoms with van der Waals surface area (Å²) in [4.78, 5) is 35.1. The van der Waals surface area contributed by atoms with Gasteiger partial charge >= 0.3 is 6.18 Å². The van der Waals surface area contributed by atoms with Crippen LogP contribution in [0, 0.1) is 5.92 Å². The van der Waals surface area contributed by atoms with Crippen LogP contribution in [0.15, 0.2) is 24.3 Å². The number of nitrogens with two attached hydrogens (primary N) is 1. The third kappa shape index (κ3) is 4.44. The second-order valence-corrected chi connectivity index (χ2v) is 5.22. The van der Waals surface area contributed by atoms with Gasteiger partial charge in [-0.15, -0.1) is 0 Å². The van der Waals surface area contributed by atoms with Crippen LogP contribution in [0.3, 0.4) is 0 Å². The molecule has 1 fully saturated rings. The van der Waals surface area contributed by atoms with Crippen LogP contribution in [0.1, 0.15) is 16.8 Å². The van der Waals surface area contributed by atoms with E-state index in [1.807, 2.05) is 0 Å². The van der Waals surface area contributed by atoms with Gasteiger partial charge in [-0.2, -0.15) is 13.2 Å². The molecule has 23 heavy (non-hydrogen) atoms. The molecule has 3 amide bonds. The van der Waals surface area contributed by atoms with E-state index >= 15 is 0 Å². The van der Waals surface area contributed by atoms with Crippen LogP contribution in [0.5, 0.6) is 0 Å². The predicted molar refractivity (Wildman–Crippen MR) is 74.3 cm³/mol. The van der Waals surface area contributed by atoms with Gasteiger partial charge < -0.3 is 16.0 Å². The molecule has 0 bridgehead atoms. The number of carbonyl (C=O) groups is 3. The van der Waals surface area contributed by atoms with Gasteiger partial charge in [0.15, 0.2) is 0 Å². The lowest BCUT2D eigenvalue weighted by Crippen LogP contribution is -2.36. The van der Waals surface area contributed by atoms with Crippen LogP contribution in [-0.4, -0.2) is 41.9 Å². The summed E-state index contributed by atoms with van der Waals surface area (Å²) in [6.45, 7) is -1.63. The lowest BCUT2D eigenvalue weighted by molar-refractivity contribution is -0.157. The minimum atomic E-state index is -4.49. The number of benzene rings is 1. The second-order valence-electron chi connectivity index (χ2n) is 5.22. The number of hydrogen-bond donors (Lipinski definition) is 2. The summed E-state index contributed by atoms with van der Waals surface area (Å²) < 4.78 is 37.0. The molecule has 3 N–H and O–H groups in total. The van der Waals surface area contributed by atoms with Gasteiger partial charge in [0.1, 0.15) is 6.54 Å². The molecule has 2 rings (SSSR count). The molecule has 1 atom stereocenters. The first-order valence-electron chi connectivity index (χ1n) is 6.71. The van der Waals surface area contributed by atoms with Crippen LogP contribution in [0.2, 0.25) is 0 Å². The van der Waals surface area contributed by atoms with Crippen molar-refractivity contribution in [1.82, 2.24) is 4.90 Å². The average molecular weight is 329 g/mol. The Morgan fingerprint density at radius 3 is 2.39 bits per heavy atom. The summed E-state index contributed by atoms with van der Waals surface area (Å²) >= 11 is 0. The van der Waals surface area contributed by atoms with Crippen molar-refractivity contribution in [3.63, 3.8) is 0 Å². The first-order valence-corrected chi connectivity index (χ1v) is 6.71. The van der Waals surface area contributed by atoms with E-state index in [1.54, 1.807) is 0 Å². The van der Waals surface area contributed by atoms with Crippen molar-refractivity contribution in [1.29, 1.82) is 0 Å². The molecular formula is C14H14F3N3O3. The van der Waals surface area contributed by atoms with E-state index < -0.39 is 36.4 Å². The Bertz CT molecular complexity index is 628. The summed E-state index contributed by atoms with van der Waals surface area (Å²) in [5, 5.41) is 2.50. The molecule has 1 aromatic rings. The monoisotopic (exact) mass is 329 g/mol. The minimum Gasteiger partial charge on any atom is -0.366 e. The fourth-order valence-electron chi connectivity index (χ4n) is 2.28. The lowest BCUT2D eigenvalue weighted by atomic mass is 10.1. The van der Waals surface area contributed by atoms with Crippen LogP contribution in [-0.2, 0) is 9.59 Å². The minimum absolute atomic E-state index is 0.260. The van der Waals surface area contributed by atoms with Crippen molar-refractivity contribution in [2.24, 2.45) is 11.7 Å². The van der Waals surface area contributed by atoms with Crippen molar-refractivity contribution in [2.45, 2.75) is 12.6 Å². The van der Waals surface area contributed by atoms with Crippen LogP contribution >= 0.6 is 0 Å². The summed E-state index contributed by atoms with van der Waals surface area (Å²) in [5.74, 6) is -2.71. The van der Waals surface area contributed by atoms with Crippen molar-refractivity contribution >= 4 is 23.4 Å². The number of likely N-dealkylation sites (tertiary alicyclic amines) is 1. The molecule has 6 nitrogen and oxygen atoms in total. The first-order chi connectivity index (χ1) is 10.7. The van der Waals surface area contributed by atoms with Gasteiger partial charge in [0.05, 0.1) is 5.92 Å². The van der Waals surface area contributed by atoms with Crippen LogP contribution in [0.25, 0.3) is 0 Å². The van der Waals surface area contributed by atoms with E-state index in [4.69, 9.17) is 5.73 Å². The van der Waals surface area contributed by atoms with Crippen LogP contribution < -0.4 is 11.1 Å². The first kappa shape index (κ1) is 16.8. The summed E-state index contributed by atoms with van der Waals surface area (Å²) in [5.41, 5.74) is 5.71. The van der Waals surface area contributed by atoms with Crippen molar-refractivity contribution in [2.75, 3.05) is 18.4 Å². The normalized spacial score (nSPS) is 18.1. The summed E-state index contributed by atoms with van der Waals surface area (Å²) in [7, 11) is 0. The Balaban J connectivity index is 1.96. The molecule has 1 aromatic carbocycles. The highest BCUT2D eigenvalue weighted by molar-refractivity contribution is 5.98. The molecular weight excluding hydrogens is 315 g/mol.